The van der Waals surface area contributed by atoms with Crippen molar-refractivity contribution in [2.24, 2.45) is 0 Å². The molecule has 8 heteroatoms. The summed E-state index contributed by atoms with van der Waals surface area (Å²) < 4.78 is 1.90. The maximum Gasteiger partial charge on any atom is 0.262 e. The predicted molar refractivity (Wildman–Crippen MR) is 156 cm³/mol. The van der Waals surface area contributed by atoms with E-state index in [0.717, 1.165) is 48.1 Å². The molecular weight excluding hydrogens is 506 g/mol. The number of nitrogens with one attached hydrogen (secondary N) is 1. The molecule has 2 heterocycles. The molecule has 0 unspecified atom stereocenters. The van der Waals surface area contributed by atoms with E-state index in [1.807, 2.05) is 59.2 Å². The van der Waals surface area contributed by atoms with E-state index in [2.05, 4.69) is 4.98 Å². The van der Waals surface area contributed by atoms with E-state index < -0.39 is 0 Å². The maximum atomic E-state index is 13.8. The van der Waals surface area contributed by atoms with Gasteiger partial charge in [-0.15, -0.1) is 0 Å². The lowest BCUT2D eigenvalue weighted by molar-refractivity contribution is 0.0785. The minimum Gasteiger partial charge on any atom is -0.341 e. The first-order chi connectivity index (χ1) is 19.1. The molecule has 3 aromatic carbocycles. The van der Waals surface area contributed by atoms with Crippen molar-refractivity contribution in [3.63, 3.8) is 0 Å². The molecule has 198 valence electrons. The molecular formula is C31H31N5O2S. The van der Waals surface area contributed by atoms with Gasteiger partial charge in [0, 0.05) is 25.2 Å². The predicted octanol–water partition coefficient (Wildman–Crippen LogP) is 6.34. The number of imidazole rings is 1. The highest BCUT2D eigenvalue weighted by Crippen LogP contribution is 2.32. The molecule has 5 aromatic rings. The van der Waals surface area contributed by atoms with Crippen LogP contribution in [-0.4, -0.2) is 37.4 Å². The van der Waals surface area contributed by atoms with Gasteiger partial charge >= 0.3 is 0 Å². The molecule has 1 amide bonds. The Labute approximate surface area is 231 Å². The lowest BCUT2D eigenvalue weighted by atomic mass is 9.95. The Kier molecular flexibility index (Phi) is 7.20. The molecule has 0 aliphatic heterocycles. The first-order valence-corrected chi connectivity index (χ1v) is 14.5. The third-order valence-electron chi connectivity index (χ3n) is 7.44. The van der Waals surface area contributed by atoms with Crippen LogP contribution in [0.3, 0.4) is 0 Å². The number of hydrogen-bond acceptors (Lipinski definition) is 5. The lowest BCUT2D eigenvalue weighted by Gasteiger charge is -2.26. The molecule has 1 N–H and O–H groups in total. The van der Waals surface area contributed by atoms with E-state index in [1.54, 1.807) is 30.1 Å². The summed E-state index contributed by atoms with van der Waals surface area (Å²) in [7, 11) is 1.79. The van der Waals surface area contributed by atoms with Gasteiger partial charge in [0.2, 0.25) is 0 Å². The van der Waals surface area contributed by atoms with Crippen molar-refractivity contribution in [1.29, 1.82) is 0 Å². The standard InChI is InChI=1S/C31H31N5O2S/c1-35(19-21-10-4-2-5-11-21)29(37)22-16-17-24-27(18-22)34-31(36(30(24)38)23-12-6-3-7-13-23)39-20-28-32-25-14-8-9-15-26(25)33-28/h2,4-5,8-11,14-18,23H,3,6-7,12-13,19-20H2,1H3,(H,32,33). The summed E-state index contributed by atoms with van der Waals surface area (Å²) in [6.45, 7) is 0.507. The quantitative estimate of drug-likeness (QED) is 0.193. The third-order valence-corrected chi connectivity index (χ3v) is 8.41. The van der Waals surface area contributed by atoms with Crippen molar-refractivity contribution in [2.75, 3.05) is 7.05 Å². The minimum atomic E-state index is -0.101. The molecule has 1 saturated carbocycles. The number of hydrogen-bond donors (Lipinski definition) is 1. The Morgan fingerprint density at radius 1 is 0.974 bits per heavy atom. The molecule has 0 atom stereocenters. The lowest BCUT2D eigenvalue weighted by Crippen LogP contribution is -2.29. The Hall–Kier alpha value is -3.91. The summed E-state index contributed by atoms with van der Waals surface area (Å²) in [6, 6.07) is 23.3. The third kappa shape index (κ3) is 5.34. The van der Waals surface area contributed by atoms with Gasteiger partial charge in [-0.3, -0.25) is 14.2 Å². The van der Waals surface area contributed by atoms with Crippen molar-refractivity contribution in [3.05, 3.63) is 100 Å². The Morgan fingerprint density at radius 3 is 2.54 bits per heavy atom. The van der Waals surface area contributed by atoms with Gasteiger partial charge in [-0.25, -0.2) is 9.97 Å². The number of amides is 1. The largest absolute Gasteiger partial charge is 0.341 e. The summed E-state index contributed by atoms with van der Waals surface area (Å²) in [5.41, 5.74) is 4.02. The highest BCUT2D eigenvalue weighted by atomic mass is 32.2. The molecule has 1 fully saturated rings. The number of rotatable bonds is 7. The van der Waals surface area contributed by atoms with Crippen LogP contribution in [0.4, 0.5) is 0 Å². The first-order valence-electron chi connectivity index (χ1n) is 13.5. The zero-order valence-corrected chi connectivity index (χ0v) is 22.8. The molecule has 39 heavy (non-hydrogen) atoms. The van der Waals surface area contributed by atoms with Crippen LogP contribution < -0.4 is 5.56 Å². The van der Waals surface area contributed by atoms with E-state index in [9.17, 15) is 9.59 Å². The highest BCUT2D eigenvalue weighted by molar-refractivity contribution is 7.98. The smallest absolute Gasteiger partial charge is 0.262 e. The van der Waals surface area contributed by atoms with Crippen LogP contribution in [0.5, 0.6) is 0 Å². The van der Waals surface area contributed by atoms with Crippen molar-refractivity contribution >= 4 is 39.6 Å². The van der Waals surface area contributed by atoms with Gasteiger partial charge in [0.15, 0.2) is 5.16 Å². The van der Waals surface area contributed by atoms with Gasteiger partial charge < -0.3 is 9.88 Å². The second kappa shape index (κ2) is 11.1. The van der Waals surface area contributed by atoms with Crippen LogP contribution in [0.1, 0.15) is 59.9 Å². The van der Waals surface area contributed by atoms with Crippen LogP contribution >= 0.6 is 11.8 Å². The van der Waals surface area contributed by atoms with Crippen LogP contribution in [-0.2, 0) is 12.3 Å². The molecule has 0 radical (unpaired) electrons. The van der Waals surface area contributed by atoms with Crippen molar-refractivity contribution < 1.29 is 4.79 Å². The molecule has 0 bridgehead atoms. The number of aromatic nitrogens is 4. The first kappa shape index (κ1) is 25.4. The topological polar surface area (TPSA) is 83.9 Å². The van der Waals surface area contributed by atoms with Gasteiger partial charge in [0.25, 0.3) is 11.5 Å². The van der Waals surface area contributed by atoms with E-state index in [1.165, 1.54) is 18.2 Å². The van der Waals surface area contributed by atoms with E-state index >= 15 is 0 Å². The number of carbonyl (C=O) groups excluding carboxylic acids is 1. The van der Waals surface area contributed by atoms with Gasteiger partial charge in [-0.05, 0) is 48.7 Å². The summed E-state index contributed by atoms with van der Waals surface area (Å²) in [5, 5.41) is 1.23. The fraction of sp³-hybridized carbons (Fsp3) is 0.290. The Morgan fingerprint density at radius 2 is 1.74 bits per heavy atom. The number of aromatic amines is 1. The van der Waals surface area contributed by atoms with Crippen molar-refractivity contribution in [2.45, 2.75) is 55.6 Å². The zero-order valence-electron chi connectivity index (χ0n) is 22.0. The number of thioether (sulfide) groups is 1. The highest BCUT2D eigenvalue weighted by Gasteiger charge is 2.23. The number of fused-ring (bicyclic) bond motifs is 2. The van der Waals surface area contributed by atoms with Crippen LogP contribution in [0.2, 0.25) is 0 Å². The monoisotopic (exact) mass is 537 g/mol. The van der Waals surface area contributed by atoms with E-state index in [4.69, 9.17) is 9.97 Å². The average Bonchev–Trinajstić information content (AvgIpc) is 3.39. The normalized spacial score (nSPS) is 14.2. The fourth-order valence-electron chi connectivity index (χ4n) is 5.43. The zero-order chi connectivity index (χ0) is 26.8. The van der Waals surface area contributed by atoms with Crippen molar-refractivity contribution in [1.82, 2.24) is 24.4 Å². The fourth-order valence-corrected chi connectivity index (χ4v) is 6.37. The summed E-state index contributed by atoms with van der Waals surface area (Å²) in [4.78, 5) is 41.9. The summed E-state index contributed by atoms with van der Waals surface area (Å²) >= 11 is 1.52. The maximum absolute atomic E-state index is 13.8. The average molecular weight is 538 g/mol. The van der Waals surface area contributed by atoms with Gasteiger partial charge in [-0.2, -0.15) is 0 Å². The molecule has 0 saturated heterocycles. The molecule has 1 aliphatic rings. The molecule has 2 aromatic heterocycles. The van der Waals surface area contributed by atoms with Crippen LogP contribution in [0.15, 0.2) is 82.7 Å². The summed E-state index contributed by atoms with van der Waals surface area (Å²) in [5.74, 6) is 1.31. The second-order valence-corrected chi connectivity index (χ2v) is 11.2. The SMILES string of the molecule is CN(Cc1ccccc1)C(=O)c1ccc2c(=O)n(C3CCCCC3)c(SCc3nc4ccccc4[nH]3)nc2c1. The van der Waals surface area contributed by atoms with Gasteiger partial charge in [0.05, 0.1) is 27.7 Å². The molecule has 0 spiro atoms. The number of carbonyl (C=O) groups is 1. The van der Waals surface area contributed by atoms with Crippen LogP contribution in [0.25, 0.3) is 21.9 Å². The Balaban J connectivity index is 1.34. The van der Waals surface area contributed by atoms with Gasteiger partial charge in [0.1, 0.15) is 5.82 Å². The Bertz CT molecular complexity index is 1660. The van der Waals surface area contributed by atoms with Crippen LogP contribution in [0, 0.1) is 0 Å². The molecule has 1 aliphatic carbocycles. The van der Waals surface area contributed by atoms with Gasteiger partial charge in [-0.1, -0.05) is 73.5 Å². The number of nitrogens with zero attached hydrogens (tertiary/aromatic N) is 4. The molecule has 7 nitrogen and oxygen atoms in total. The summed E-state index contributed by atoms with van der Waals surface area (Å²) in [6.07, 6.45) is 5.39. The minimum absolute atomic E-state index is 0.0318. The second-order valence-electron chi connectivity index (χ2n) is 10.2. The van der Waals surface area contributed by atoms with Crippen molar-refractivity contribution in [3.8, 4) is 0 Å². The van der Waals surface area contributed by atoms with E-state index in [-0.39, 0.29) is 17.5 Å². The molecule has 6 rings (SSSR count). The number of H-pyrrole nitrogens is 1. The number of para-hydroxylation sites is 2. The van der Waals surface area contributed by atoms with E-state index in [0.29, 0.717) is 33.9 Å². The number of benzene rings is 3.